The summed E-state index contributed by atoms with van der Waals surface area (Å²) in [6, 6.07) is 11.5. The van der Waals surface area contributed by atoms with Gasteiger partial charge in [-0.05, 0) is 48.4 Å². The van der Waals surface area contributed by atoms with Gasteiger partial charge in [0.05, 0.1) is 18.2 Å². The van der Waals surface area contributed by atoms with Gasteiger partial charge in [0.15, 0.2) is 0 Å². The summed E-state index contributed by atoms with van der Waals surface area (Å²) in [4.78, 5) is 27.1. The van der Waals surface area contributed by atoms with Crippen molar-refractivity contribution in [3.8, 4) is 5.75 Å². The fourth-order valence-electron chi connectivity index (χ4n) is 4.05. The molecule has 2 aromatic carbocycles. The van der Waals surface area contributed by atoms with Gasteiger partial charge in [0.1, 0.15) is 17.6 Å². The first-order valence-electron chi connectivity index (χ1n) is 9.73. The summed E-state index contributed by atoms with van der Waals surface area (Å²) in [6.07, 6.45) is 0.777. The van der Waals surface area contributed by atoms with Crippen molar-refractivity contribution < 1.29 is 24.2 Å². The molecule has 0 saturated carbocycles. The van der Waals surface area contributed by atoms with Crippen molar-refractivity contribution >= 4 is 29.1 Å². The molecule has 0 radical (unpaired) electrons. The van der Waals surface area contributed by atoms with Crippen molar-refractivity contribution in [2.75, 3.05) is 20.3 Å². The van der Waals surface area contributed by atoms with Crippen molar-refractivity contribution in [3.63, 3.8) is 0 Å². The first-order chi connectivity index (χ1) is 14.4. The number of rotatable bonds is 5. The first kappa shape index (κ1) is 20.4. The van der Waals surface area contributed by atoms with Gasteiger partial charge in [-0.3, -0.25) is 9.59 Å². The number of fused-ring (bicyclic) bond motifs is 1. The maximum atomic E-state index is 12.9. The molecule has 6 nitrogen and oxygen atoms in total. The summed E-state index contributed by atoms with van der Waals surface area (Å²) >= 11 is 6.16. The van der Waals surface area contributed by atoms with E-state index in [1.54, 1.807) is 36.4 Å². The van der Waals surface area contributed by atoms with E-state index in [0.717, 1.165) is 17.7 Å². The fraction of sp³-hybridized carbons (Fsp3) is 0.304. The molecule has 1 saturated heterocycles. The molecule has 2 aliphatic rings. The number of carbonyl (C=O) groups excluding carboxylic acids is 2. The third-order valence-corrected chi connectivity index (χ3v) is 5.65. The van der Waals surface area contributed by atoms with E-state index in [0.29, 0.717) is 16.1 Å². The van der Waals surface area contributed by atoms with Crippen LogP contribution in [0.1, 0.15) is 29.7 Å². The van der Waals surface area contributed by atoms with Crippen molar-refractivity contribution in [1.29, 1.82) is 0 Å². The Hall–Kier alpha value is -2.83. The predicted octanol–water partition coefficient (Wildman–Crippen LogP) is 3.73. The van der Waals surface area contributed by atoms with Gasteiger partial charge in [0.2, 0.25) is 0 Å². The summed E-state index contributed by atoms with van der Waals surface area (Å²) in [5.74, 6) is -0.832. The van der Waals surface area contributed by atoms with Crippen LogP contribution in [0.3, 0.4) is 0 Å². The lowest BCUT2D eigenvalue weighted by Crippen LogP contribution is -2.32. The predicted molar refractivity (Wildman–Crippen MR) is 113 cm³/mol. The number of methoxy groups -OCH3 is 1. The smallest absolute Gasteiger partial charge is 0.295 e. The molecule has 2 aliphatic heterocycles. The Kier molecular flexibility index (Phi) is 5.54. The molecular weight excluding hydrogens is 406 g/mol. The first-order valence-corrected chi connectivity index (χ1v) is 10.1. The molecule has 0 aliphatic carbocycles. The molecule has 0 unspecified atom stereocenters. The van der Waals surface area contributed by atoms with Crippen LogP contribution in [0.25, 0.3) is 5.76 Å². The van der Waals surface area contributed by atoms with E-state index in [2.05, 4.69) is 0 Å². The number of aliphatic hydroxyl groups excluding tert-OH is 1. The van der Waals surface area contributed by atoms with Crippen LogP contribution in [0, 0.1) is 0 Å². The lowest BCUT2D eigenvalue weighted by Gasteiger charge is -2.25. The van der Waals surface area contributed by atoms with E-state index in [1.807, 2.05) is 13.0 Å². The number of hydrogen-bond donors (Lipinski definition) is 1. The number of nitrogens with zero attached hydrogens (tertiary/aromatic N) is 1. The fourth-order valence-corrected chi connectivity index (χ4v) is 4.25. The number of hydrogen-bond acceptors (Lipinski definition) is 5. The molecule has 156 valence electrons. The second-order valence-corrected chi connectivity index (χ2v) is 7.93. The quantitative estimate of drug-likeness (QED) is 0.447. The molecule has 4 rings (SSSR count). The zero-order valence-corrected chi connectivity index (χ0v) is 17.5. The second kappa shape index (κ2) is 8.13. The average molecular weight is 428 g/mol. The highest BCUT2D eigenvalue weighted by molar-refractivity contribution is 6.46. The van der Waals surface area contributed by atoms with Gasteiger partial charge in [0.25, 0.3) is 11.7 Å². The van der Waals surface area contributed by atoms with Crippen molar-refractivity contribution in [2.45, 2.75) is 25.5 Å². The minimum absolute atomic E-state index is 0.0466. The standard InChI is InChI=1S/C23H22ClNO5/c1-13-10-16-11-15(6-7-18(16)30-13)21(26)19-20(14-4-3-5-17(24)12-14)25(8-9-29-2)23(28)22(19)27/h3-7,11-13,20,26H,8-10H2,1-2H3/t13-,20+/m1/s1. The molecule has 7 heteroatoms. The van der Waals surface area contributed by atoms with E-state index in [9.17, 15) is 14.7 Å². The zero-order valence-electron chi connectivity index (χ0n) is 16.7. The Labute approximate surface area is 179 Å². The number of ether oxygens (including phenoxy) is 2. The summed E-state index contributed by atoms with van der Waals surface area (Å²) < 4.78 is 10.8. The molecule has 2 aromatic rings. The number of amides is 1. The molecule has 0 spiro atoms. The van der Waals surface area contributed by atoms with Gasteiger partial charge in [-0.15, -0.1) is 0 Å². The molecule has 2 atom stereocenters. The molecule has 2 heterocycles. The molecule has 0 aromatic heterocycles. The van der Waals surface area contributed by atoms with Gasteiger partial charge in [-0.2, -0.15) is 0 Å². The number of halogens is 1. The number of likely N-dealkylation sites (tertiary alicyclic amines) is 1. The van der Waals surface area contributed by atoms with Gasteiger partial charge in [-0.1, -0.05) is 23.7 Å². The number of aliphatic hydroxyl groups is 1. The minimum Gasteiger partial charge on any atom is -0.507 e. The Balaban J connectivity index is 1.83. The molecule has 1 amide bonds. The largest absolute Gasteiger partial charge is 0.507 e. The number of carbonyl (C=O) groups is 2. The van der Waals surface area contributed by atoms with Crippen LogP contribution < -0.4 is 4.74 Å². The Morgan fingerprint density at radius 1 is 1.27 bits per heavy atom. The van der Waals surface area contributed by atoms with Gasteiger partial charge in [-0.25, -0.2) is 0 Å². The summed E-state index contributed by atoms with van der Waals surface area (Å²) in [7, 11) is 1.53. The van der Waals surface area contributed by atoms with Gasteiger partial charge in [0, 0.05) is 30.7 Å². The lowest BCUT2D eigenvalue weighted by molar-refractivity contribution is -0.140. The maximum Gasteiger partial charge on any atom is 0.295 e. The molecule has 0 bridgehead atoms. The van der Waals surface area contributed by atoms with E-state index >= 15 is 0 Å². The zero-order chi connectivity index (χ0) is 21.4. The van der Waals surface area contributed by atoms with Crippen LogP contribution in [0.4, 0.5) is 0 Å². The van der Waals surface area contributed by atoms with E-state index in [4.69, 9.17) is 21.1 Å². The number of ketones is 1. The summed E-state index contributed by atoms with van der Waals surface area (Å²) in [5, 5.41) is 11.6. The molecule has 1 N–H and O–H groups in total. The maximum absolute atomic E-state index is 12.9. The highest BCUT2D eigenvalue weighted by Crippen LogP contribution is 2.40. The third-order valence-electron chi connectivity index (χ3n) is 5.41. The number of Topliss-reactive ketones (excluding diaryl/α,β-unsaturated/α-hetero) is 1. The normalized spacial score (nSPS) is 22.3. The van der Waals surface area contributed by atoms with Crippen LogP contribution in [-0.2, 0) is 20.7 Å². The monoisotopic (exact) mass is 427 g/mol. The van der Waals surface area contributed by atoms with Crippen molar-refractivity contribution in [2.24, 2.45) is 0 Å². The third kappa shape index (κ3) is 3.57. The molecular formula is C23H22ClNO5. The Bertz CT molecular complexity index is 1050. The Morgan fingerprint density at radius 3 is 2.80 bits per heavy atom. The van der Waals surface area contributed by atoms with E-state index in [-0.39, 0.29) is 30.6 Å². The highest BCUT2D eigenvalue weighted by atomic mass is 35.5. The van der Waals surface area contributed by atoms with E-state index < -0.39 is 17.7 Å². The van der Waals surface area contributed by atoms with Crippen LogP contribution in [0.5, 0.6) is 5.75 Å². The van der Waals surface area contributed by atoms with Gasteiger partial charge >= 0.3 is 0 Å². The van der Waals surface area contributed by atoms with Crippen LogP contribution in [-0.4, -0.2) is 48.1 Å². The lowest BCUT2D eigenvalue weighted by atomic mass is 9.94. The molecule has 30 heavy (non-hydrogen) atoms. The van der Waals surface area contributed by atoms with E-state index in [1.165, 1.54) is 12.0 Å². The average Bonchev–Trinajstić information content (AvgIpc) is 3.22. The second-order valence-electron chi connectivity index (χ2n) is 7.50. The van der Waals surface area contributed by atoms with Crippen molar-refractivity contribution in [3.05, 3.63) is 69.8 Å². The summed E-state index contributed by atoms with van der Waals surface area (Å²) in [6.45, 7) is 2.45. The van der Waals surface area contributed by atoms with Crippen LogP contribution in [0.15, 0.2) is 48.0 Å². The SMILES string of the molecule is COCCN1C(=O)C(=O)C(=C(O)c2ccc3c(c2)C[C@@H](C)O3)[C@@H]1c1cccc(Cl)c1. The van der Waals surface area contributed by atoms with Gasteiger partial charge < -0.3 is 19.5 Å². The topological polar surface area (TPSA) is 76.1 Å². The van der Waals surface area contributed by atoms with Crippen LogP contribution >= 0.6 is 11.6 Å². The minimum atomic E-state index is -0.748. The van der Waals surface area contributed by atoms with Crippen molar-refractivity contribution in [1.82, 2.24) is 4.90 Å². The van der Waals surface area contributed by atoms with Crippen LogP contribution in [0.2, 0.25) is 5.02 Å². The molecule has 1 fully saturated rings. The number of benzene rings is 2. The summed E-state index contributed by atoms with van der Waals surface area (Å²) in [5.41, 5.74) is 2.13. The Morgan fingerprint density at radius 2 is 2.07 bits per heavy atom. The highest BCUT2D eigenvalue weighted by Gasteiger charge is 2.46.